The Morgan fingerprint density at radius 2 is 1.83 bits per heavy atom. The zero-order valence-electron chi connectivity index (χ0n) is 19.8. The normalized spacial score (nSPS) is 15.4. The number of phenols is 1. The highest BCUT2D eigenvalue weighted by molar-refractivity contribution is 8.15. The van der Waals surface area contributed by atoms with Crippen LogP contribution in [0.2, 0.25) is 0 Å². The summed E-state index contributed by atoms with van der Waals surface area (Å²) in [7, 11) is 1.47. The molecule has 0 radical (unpaired) electrons. The van der Waals surface area contributed by atoms with Gasteiger partial charge in [-0.05, 0) is 57.0 Å². The van der Waals surface area contributed by atoms with Crippen LogP contribution in [0.3, 0.4) is 0 Å². The molecule has 10 nitrogen and oxygen atoms in total. The fourth-order valence-electron chi connectivity index (χ4n) is 3.13. The molecule has 0 spiro atoms. The number of ether oxygens (including phenoxy) is 2. The van der Waals surface area contributed by atoms with Crippen molar-refractivity contribution in [2.45, 2.75) is 38.0 Å². The first kappa shape index (κ1) is 25.9. The number of nitrogens with one attached hydrogen (secondary N) is 2. The molecule has 186 valence electrons. The third-order valence-corrected chi connectivity index (χ3v) is 5.75. The summed E-state index contributed by atoms with van der Waals surface area (Å²) >= 11 is 0.964. The molecule has 1 saturated heterocycles. The number of carbonyl (C=O) groups excluding carboxylic acids is 4. The SMILES string of the molecule is CN(C(=O)OC(C)(C)C)c1cc(O)ccc1NC(=O)COc1ccc(CC2SC(=O)NC2=O)cc1. The second-order valence-corrected chi connectivity index (χ2v) is 9.98. The van der Waals surface area contributed by atoms with Crippen molar-refractivity contribution in [1.82, 2.24) is 5.32 Å². The Kier molecular flexibility index (Phi) is 7.90. The number of nitrogens with zero attached hydrogens (tertiary/aromatic N) is 1. The fraction of sp³-hybridized carbons (Fsp3) is 0.333. The van der Waals surface area contributed by atoms with Crippen LogP contribution in [-0.2, 0) is 20.7 Å². The molecule has 2 aromatic rings. The first-order chi connectivity index (χ1) is 16.4. The number of hydrogen-bond donors (Lipinski definition) is 3. The topological polar surface area (TPSA) is 134 Å². The fourth-order valence-corrected chi connectivity index (χ4v) is 3.99. The van der Waals surface area contributed by atoms with E-state index in [9.17, 15) is 24.3 Å². The predicted octanol–water partition coefficient (Wildman–Crippen LogP) is 3.68. The van der Waals surface area contributed by atoms with Crippen LogP contribution in [0.4, 0.5) is 21.0 Å². The van der Waals surface area contributed by atoms with Crippen molar-refractivity contribution in [2.24, 2.45) is 0 Å². The van der Waals surface area contributed by atoms with Crippen molar-refractivity contribution in [3.63, 3.8) is 0 Å². The summed E-state index contributed by atoms with van der Waals surface area (Å²) in [5, 5.41) is 14.0. The van der Waals surface area contributed by atoms with Gasteiger partial charge in [-0.1, -0.05) is 23.9 Å². The number of amides is 4. The summed E-state index contributed by atoms with van der Waals surface area (Å²) in [6, 6.07) is 11.1. The molecule has 1 atom stereocenters. The molecule has 2 aromatic carbocycles. The number of imide groups is 1. The third-order valence-electron chi connectivity index (χ3n) is 4.77. The minimum absolute atomic E-state index is 0.0809. The minimum Gasteiger partial charge on any atom is -0.508 e. The van der Waals surface area contributed by atoms with Crippen molar-refractivity contribution in [3.8, 4) is 11.5 Å². The summed E-state index contributed by atoms with van der Waals surface area (Å²) in [5.41, 5.74) is 0.684. The minimum atomic E-state index is -0.714. The van der Waals surface area contributed by atoms with E-state index in [1.54, 1.807) is 45.0 Å². The predicted molar refractivity (Wildman–Crippen MR) is 132 cm³/mol. The zero-order valence-corrected chi connectivity index (χ0v) is 20.6. The quantitative estimate of drug-likeness (QED) is 0.489. The van der Waals surface area contributed by atoms with E-state index < -0.39 is 22.9 Å². The molecule has 35 heavy (non-hydrogen) atoms. The molecule has 11 heteroatoms. The first-order valence-electron chi connectivity index (χ1n) is 10.7. The summed E-state index contributed by atoms with van der Waals surface area (Å²) in [6.07, 6.45) is -0.245. The van der Waals surface area contributed by atoms with Crippen LogP contribution in [0.15, 0.2) is 42.5 Å². The number of thioether (sulfide) groups is 1. The van der Waals surface area contributed by atoms with E-state index in [0.717, 1.165) is 17.3 Å². The van der Waals surface area contributed by atoms with Crippen LogP contribution in [-0.4, -0.2) is 52.8 Å². The standard InChI is InChI=1S/C24H27N3O7S/c1-24(2,3)34-23(32)27(4)18-12-15(28)7-10-17(18)25-20(29)13-33-16-8-5-14(6-9-16)11-19-21(30)26-22(31)35-19/h5-10,12,19,28H,11,13H2,1-4H3,(H,25,29)(H,26,30,31). The Morgan fingerprint density at radius 1 is 1.14 bits per heavy atom. The molecule has 3 rings (SSSR count). The van der Waals surface area contributed by atoms with Gasteiger partial charge in [0.25, 0.3) is 11.1 Å². The number of anilines is 2. The maximum absolute atomic E-state index is 12.5. The van der Waals surface area contributed by atoms with Gasteiger partial charge in [-0.25, -0.2) is 4.79 Å². The van der Waals surface area contributed by atoms with Gasteiger partial charge < -0.3 is 19.9 Å². The molecule has 1 aliphatic heterocycles. The maximum atomic E-state index is 12.5. The molecule has 0 bridgehead atoms. The lowest BCUT2D eigenvalue weighted by Gasteiger charge is -2.26. The molecule has 4 amide bonds. The van der Waals surface area contributed by atoms with Gasteiger partial charge in [0.15, 0.2) is 6.61 Å². The third kappa shape index (κ3) is 7.38. The van der Waals surface area contributed by atoms with Gasteiger partial charge in [-0.2, -0.15) is 0 Å². The smallest absolute Gasteiger partial charge is 0.414 e. The molecule has 3 N–H and O–H groups in total. The van der Waals surface area contributed by atoms with E-state index in [2.05, 4.69) is 10.6 Å². The van der Waals surface area contributed by atoms with E-state index in [4.69, 9.17) is 9.47 Å². The highest BCUT2D eigenvalue weighted by Crippen LogP contribution is 2.30. The Hall–Kier alpha value is -3.73. The van der Waals surface area contributed by atoms with Crippen LogP contribution < -0.4 is 20.3 Å². The summed E-state index contributed by atoms with van der Waals surface area (Å²) in [6.45, 7) is 4.91. The average molecular weight is 502 g/mol. The number of hydrogen-bond acceptors (Lipinski definition) is 8. The lowest BCUT2D eigenvalue weighted by Crippen LogP contribution is -2.34. The maximum Gasteiger partial charge on any atom is 0.414 e. The molecule has 1 heterocycles. The summed E-state index contributed by atoms with van der Waals surface area (Å²) in [5.74, 6) is -0.415. The Morgan fingerprint density at radius 3 is 2.43 bits per heavy atom. The Bertz CT molecular complexity index is 1130. The van der Waals surface area contributed by atoms with E-state index in [1.807, 2.05) is 0 Å². The van der Waals surface area contributed by atoms with E-state index >= 15 is 0 Å². The molecular weight excluding hydrogens is 474 g/mol. The van der Waals surface area contributed by atoms with Crippen LogP contribution in [0.25, 0.3) is 0 Å². The molecule has 1 unspecified atom stereocenters. The van der Waals surface area contributed by atoms with Gasteiger partial charge >= 0.3 is 6.09 Å². The molecular formula is C24H27N3O7S. The summed E-state index contributed by atoms with van der Waals surface area (Å²) in [4.78, 5) is 49.1. The molecule has 1 fully saturated rings. The highest BCUT2D eigenvalue weighted by atomic mass is 32.2. The summed E-state index contributed by atoms with van der Waals surface area (Å²) < 4.78 is 10.9. The van der Waals surface area contributed by atoms with E-state index in [0.29, 0.717) is 17.9 Å². The van der Waals surface area contributed by atoms with Gasteiger partial charge in [0.1, 0.15) is 17.1 Å². The lowest BCUT2D eigenvalue weighted by molar-refractivity contribution is -0.119. The molecule has 1 aliphatic rings. The molecule has 0 saturated carbocycles. The van der Waals surface area contributed by atoms with Crippen molar-refractivity contribution >= 4 is 46.3 Å². The van der Waals surface area contributed by atoms with Gasteiger partial charge in [0.05, 0.1) is 16.6 Å². The van der Waals surface area contributed by atoms with Crippen molar-refractivity contribution in [3.05, 3.63) is 48.0 Å². The van der Waals surface area contributed by atoms with Crippen LogP contribution >= 0.6 is 11.8 Å². The van der Waals surface area contributed by atoms with Crippen LogP contribution in [0, 0.1) is 0 Å². The van der Waals surface area contributed by atoms with E-state index in [-0.39, 0.29) is 29.2 Å². The average Bonchev–Trinajstić information content (AvgIpc) is 3.09. The van der Waals surface area contributed by atoms with Crippen molar-refractivity contribution in [2.75, 3.05) is 23.9 Å². The van der Waals surface area contributed by atoms with Crippen molar-refractivity contribution < 1.29 is 33.8 Å². The number of aromatic hydroxyl groups is 1. The van der Waals surface area contributed by atoms with Crippen LogP contribution in [0.5, 0.6) is 11.5 Å². The molecule has 0 aromatic heterocycles. The zero-order chi connectivity index (χ0) is 25.8. The number of carbonyl (C=O) groups is 4. The number of rotatable bonds is 7. The second-order valence-electron chi connectivity index (χ2n) is 8.81. The second kappa shape index (κ2) is 10.7. The van der Waals surface area contributed by atoms with Crippen molar-refractivity contribution in [1.29, 1.82) is 0 Å². The first-order valence-corrected chi connectivity index (χ1v) is 11.6. The monoisotopic (exact) mass is 501 g/mol. The Labute approximate surface area is 207 Å². The van der Waals surface area contributed by atoms with Gasteiger partial charge in [-0.3, -0.25) is 24.6 Å². The van der Waals surface area contributed by atoms with Gasteiger partial charge in [0, 0.05) is 13.1 Å². The number of benzene rings is 2. The van der Waals surface area contributed by atoms with Gasteiger partial charge in [0.2, 0.25) is 5.91 Å². The number of phenolic OH excluding ortho intramolecular Hbond substituents is 1. The van der Waals surface area contributed by atoms with E-state index in [1.165, 1.54) is 30.1 Å². The van der Waals surface area contributed by atoms with Crippen LogP contribution in [0.1, 0.15) is 26.3 Å². The van der Waals surface area contributed by atoms with Gasteiger partial charge in [-0.15, -0.1) is 0 Å². The highest BCUT2D eigenvalue weighted by Gasteiger charge is 2.31. The largest absolute Gasteiger partial charge is 0.508 e. The molecule has 0 aliphatic carbocycles. The lowest BCUT2D eigenvalue weighted by atomic mass is 10.1. The Balaban J connectivity index is 1.58.